The number of hydrogen-bond acceptors (Lipinski definition) is 4. The fourth-order valence-corrected chi connectivity index (χ4v) is 3.35. The molecule has 0 radical (unpaired) electrons. The summed E-state index contributed by atoms with van der Waals surface area (Å²) in [6.45, 7) is 2.17. The van der Waals surface area contributed by atoms with Gasteiger partial charge in [-0.3, -0.25) is 9.59 Å². The molecule has 0 spiro atoms. The lowest BCUT2D eigenvalue weighted by Gasteiger charge is -2.21. The first-order chi connectivity index (χ1) is 9.97. The predicted octanol–water partition coefficient (Wildman–Crippen LogP) is 2.88. The summed E-state index contributed by atoms with van der Waals surface area (Å²) in [5.41, 5.74) is 0. The Kier molecular flexibility index (Phi) is 5.19. The van der Waals surface area contributed by atoms with Crippen LogP contribution in [0.3, 0.4) is 0 Å². The second-order valence-electron chi connectivity index (χ2n) is 4.57. The van der Waals surface area contributed by atoms with Crippen LogP contribution in [0.2, 0.25) is 0 Å². The molecule has 0 aromatic carbocycles. The first-order valence-corrected chi connectivity index (χ1v) is 7.92. The number of hydrogen-bond donors (Lipinski definition) is 1. The van der Waals surface area contributed by atoms with Gasteiger partial charge in [0.1, 0.15) is 6.04 Å². The summed E-state index contributed by atoms with van der Waals surface area (Å²) >= 11 is 4.97. The Bertz CT molecular complexity index is 624. The van der Waals surface area contributed by atoms with E-state index in [0.29, 0.717) is 6.54 Å². The fraction of sp³-hybridized carbons (Fsp3) is 0.286. The van der Waals surface area contributed by atoms with Crippen molar-refractivity contribution in [2.75, 3.05) is 7.05 Å². The molecular formula is C14H15BrN2O3S. The van der Waals surface area contributed by atoms with E-state index in [2.05, 4.69) is 21.2 Å². The van der Waals surface area contributed by atoms with Gasteiger partial charge in [-0.15, -0.1) is 11.3 Å². The van der Waals surface area contributed by atoms with E-state index < -0.39 is 11.9 Å². The summed E-state index contributed by atoms with van der Waals surface area (Å²) in [6.07, 6.45) is 1.42. The second-order valence-corrected chi connectivity index (χ2v) is 7.12. The van der Waals surface area contributed by atoms with Gasteiger partial charge in [0.15, 0.2) is 5.76 Å². The molecule has 21 heavy (non-hydrogen) atoms. The Morgan fingerprint density at radius 2 is 2.19 bits per heavy atom. The Morgan fingerprint density at radius 1 is 1.43 bits per heavy atom. The van der Waals surface area contributed by atoms with Crippen molar-refractivity contribution in [1.29, 1.82) is 0 Å². The summed E-state index contributed by atoms with van der Waals surface area (Å²) in [5.74, 6) is -0.355. The summed E-state index contributed by atoms with van der Waals surface area (Å²) in [5, 5.41) is 2.62. The molecule has 0 aliphatic rings. The van der Waals surface area contributed by atoms with E-state index >= 15 is 0 Å². The number of rotatable bonds is 5. The van der Waals surface area contributed by atoms with Crippen molar-refractivity contribution in [2.24, 2.45) is 0 Å². The van der Waals surface area contributed by atoms with Crippen LogP contribution in [0.15, 0.2) is 38.7 Å². The molecule has 1 atom stereocenters. The molecule has 5 nitrogen and oxygen atoms in total. The third-order valence-corrected chi connectivity index (χ3v) is 4.47. The quantitative estimate of drug-likeness (QED) is 0.879. The topological polar surface area (TPSA) is 62.6 Å². The Labute approximate surface area is 135 Å². The predicted molar refractivity (Wildman–Crippen MR) is 84.1 cm³/mol. The number of halogens is 1. The maximum Gasteiger partial charge on any atom is 0.287 e. The number of nitrogens with one attached hydrogen (secondary N) is 1. The maximum absolute atomic E-state index is 12.2. The van der Waals surface area contributed by atoms with Gasteiger partial charge in [-0.1, -0.05) is 0 Å². The molecule has 0 fully saturated rings. The minimum atomic E-state index is -0.615. The normalized spacial score (nSPS) is 12.0. The maximum atomic E-state index is 12.2. The van der Waals surface area contributed by atoms with Crippen LogP contribution in [0, 0.1) is 0 Å². The van der Waals surface area contributed by atoms with Crippen LogP contribution < -0.4 is 5.32 Å². The lowest BCUT2D eigenvalue weighted by molar-refractivity contribution is -0.132. The number of likely N-dealkylation sites (N-methyl/N-ethyl adjacent to an activating group) is 1. The van der Waals surface area contributed by atoms with Crippen molar-refractivity contribution in [3.8, 4) is 0 Å². The smallest absolute Gasteiger partial charge is 0.287 e. The first kappa shape index (κ1) is 15.8. The van der Waals surface area contributed by atoms with E-state index in [1.807, 2.05) is 12.1 Å². The van der Waals surface area contributed by atoms with E-state index in [9.17, 15) is 9.59 Å². The molecule has 0 saturated carbocycles. The van der Waals surface area contributed by atoms with Crippen LogP contribution in [-0.2, 0) is 11.3 Å². The van der Waals surface area contributed by atoms with Gasteiger partial charge >= 0.3 is 0 Å². The third-order valence-electron chi connectivity index (χ3n) is 2.86. The van der Waals surface area contributed by atoms with Gasteiger partial charge < -0.3 is 14.6 Å². The van der Waals surface area contributed by atoms with E-state index in [0.717, 1.165) is 8.66 Å². The second kappa shape index (κ2) is 6.91. The Morgan fingerprint density at radius 3 is 2.76 bits per heavy atom. The molecule has 0 aliphatic carbocycles. The van der Waals surface area contributed by atoms with Crippen molar-refractivity contribution < 1.29 is 14.0 Å². The van der Waals surface area contributed by atoms with Gasteiger partial charge in [0.25, 0.3) is 5.91 Å². The number of thiophene rings is 1. The number of carbonyl (C=O) groups excluding carboxylic acids is 2. The van der Waals surface area contributed by atoms with Crippen LogP contribution in [0.25, 0.3) is 0 Å². The fourth-order valence-electron chi connectivity index (χ4n) is 1.82. The molecule has 2 heterocycles. The highest BCUT2D eigenvalue weighted by Crippen LogP contribution is 2.23. The third kappa shape index (κ3) is 4.18. The molecule has 112 valence electrons. The summed E-state index contributed by atoms with van der Waals surface area (Å²) in [4.78, 5) is 26.7. The number of furan rings is 1. The van der Waals surface area contributed by atoms with Gasteiger partial charge in [-0.25, -0.2) is 0 Å². The Hall–Kier alpha value is -1.60. The number of nitrogens with zero attached hydrogens (tertiary/aromatic N) is 1. The van der Waals surface area contributed by atoms with E-state index in [1.165, 1.54) is 6.26 Å². The van der Waals surface area contributed by atoms with E-state index in [1.54, 1.807) is 42.3 Å². The lowest BCUT2D eigenvalue weighted by atomic mass is 10.2. The van der Waals surface area contributed by atoms with Crippen molar-refractivity contribution in [2.45, 2.75) is 19.5 Å². The van der Waals surface area contributed by atoms with E-state index in [-0.39, 0.29) is 11.7 Å². The molecular weight excluding hydrogens is 356 g/mol. The van der Waals surface area contributed by atoms with Crippen LogP contribution >= 0.6 is 27.3 Å². The van der Waals surface area contributed by atoms with Gasteiger partial charge in [-0.2, -0.15) is 0 Å². The summed E-state index contributed by atoms with van der Waals surface area (Å²) in [6, 6.07) is 6.48. The molecule has 0 aliphatic heterocycles. The number of amides is 2. The van der Waals surface area contributed by atoms with Gasteiger partial charge in [-0.05, 0) is 47.1 Å². The molecule has 1 N–H and O–H groups in total. The van der Waals surface area contributed by atoms with Crippen molar-refractivity contribution in [1.82, 2.24) is 10.2 Å². The zero-order valence-corrected chi connectivity index (χ0v) is 14.0. The Balaban J connectivity index is 1.90. The minimum absolute atomic E-state index is 0.153. The highest BCUT2D eigenvalue weighted by Gasteiger charge is 2.21. The molecule has 7 heteroatoms. The largest absolute Gasteiger partial charge is 0.459 e. The van der Waals surface area contributed by atoms with Crippen molar-refractivity contribution >= 4 is 39.1 Å². The average molecular weight is 371 g/mol. The van der Waals surface area contributed by atoms with Crippen LogP contribution in [0.4, 0.5) is 0 Å². The monoisotopic (exact) mass is 370 g/mol. The molecule has 0 saturated heterocycles. The molecule has 2 amide bonds. The van der Waals surface area contributed by atoms with Gasteiger partial charge in [0.05, 0.1) is 16.6 Å². The van der Waals surface area contributed by atoms with E-state index in [4.69, 9.17) is 4.42 Å². The zero-order chi connectivity index (χ0) is 15.4. The summed E-state index contributed by atoms with van der Waals surface area (Å²) in [7, 11) is 1.71. The zero-order valence-electron chi connectivity index (χ0n) is 11.6. The van der Waals surface area contributed by atoms with Crippen molar-refractivity contribution in [3.05, 3.63) is 45.0 Å². The number of carbonyl (C=O) groups is 2. The van der Waals surface area contributed by atoms with Gasteiger partial charge in [0, 0.05) is 11.9 Å². The molecule has 2 aromatic rings. The minimum Gasteiger partial charge on any atom is -0.459 e. The van der Waals surface area contributed by atoms with Gasteiger partial charge in [0.2, 0.25) is 5.91 Å². The van der Waals surface area contributed by atoms with Crippen LogP contribution in [0.1, 0.15) is 22.4 Å². The first-order valence-electron chi connectivity index (χ1n) is 6.31. The van der Waals surface area contributed by atoms with Crippen LogP contribution in [-0.4, -0.2) is 29.8 Å². The SMILES string of the molecule is C[C@H](NC(=O)c1ccco1)C(=O)N(C)Cc1ccc(Br)s1. The molecule has 2 rings (SSSR count). The molecule has 2 aromatic heterocycles. The molecule has 0 unspecified atom stereocenters. The molecule has 0 bridgehead atoms. The summed E-state index contributed by atoms with van der Waals surface area (Å²) < 4.78 is 6.02. The van der Waals surface area contributed by atoms with Crippen LogP contribution in [0.5, 0.6) is 0 Å². The average Bonchev–Trinajstić information content (AvgIpc) is 3.09. The highest BCUT2D eigenvalue weighted by molar-refractivity contribution is 9.11. The standard InChI is InChI=1S/C14H15BrN2O3S/c1-9(16-13(18)11-4-3-7-20-11)14(19)17(2)8-10-5-6-12(15)21-10/h3-7,9H,8H2,1-2H3,(H,16,18)/t9-/m0/s1. The lowest BCUT2D eigenvalue weighted by Crippen LogP contribution is -2.45. The van der Waals surface area contributed by atoms with Crippen molar-refractivity contribution in [3.63, 3.8) is 0 Å². The highest BCUT2D eigenvalue weighted by atomic mass is 79.9.